The highest BCUT2D eigenvalue weighted by Crippen LogP contribution is 2.11. The molecule has 0 aliphatic rings. The zero-order chi connectivity index (χ0) is 12.0. The first kappa shape index (κ1) is 13.0. The molecule has 0 aliphatic carbocycles. The second-order valence-electron chi connectivity index (χ2n) is 4.41. The van der Waals surface area contributed by atoms with Gasteiger partial charge in [-0.2, -0.15) is 0 Å². The summed E-state index contributed by atoms with van der Waals surface area (Å²) >= 11 is 0. The van der Waals surface area contributed by atoms with Gasteiger partial charge in [0.25, 0.3) is 0 Å². The Bertz CT molecular complexity index is 317. The van der Waals surface area contributed by atoms with Crippen molar-refractivity contribution in [2.45, 2.75) is 45.2 Å². The van der Waals surface area contributed by atoms with Crippen LogP contribution in [0.5, 0.6) is 0 Å². The Balaban J connectivity index is 2.36. The molecule has 0 aromatic carbocycles. The van der Waals surface area contributed by atoms with Crippen LogP contribution in [0, 0.1) is 0 Å². The van der Waals surface area contributed by atoms with Gasteiger partial charge < -0.3 is 9.88 Å². The number of unbranched alkanes of at least 4 members (excludes halogenated alkanes) is 1. The summed E-state index contributed by atoms with van der Waals surface area (Å²) in [5, 5.41) is 3.56. The number of hydrogen-bond acceptors (Lipinski definition) is 2. The molecule has 2 atom stereocenters. The molecule has 16 heavy (non-hydrogen) atoms. The summed E-state index contributed by atoms with van der Waals surface area (Å²) < 4.78 is 2.06. The van der Waals surface area contributed by atoms with Crippen molar-refractivity contribution < 1.29 is 0 Å². The van der Waals surface area contributed by atoms with Gasteiger partial charge in [-0.3, -0.25) is 0 Å². The van der Waals surface area contributed by atoms with Crippen molar-refractivity contribution in [3.05, 3.63) is 30.9 Å². The van der Waals surface area contributed by atoms with E-state index in [4.69, 9.17) is 0 Å². The molecule has 0 amide bonds. The van der Waals surface area contributed by atoms with E-state index in [0.29, 0.717) is 12.1 Å². The standard InChI is InChI=1S/C13H23N3/c1-5-6-7-8-11(2)15-12(3)13-14-9-10-16(13)4/h5,9-12,15H,1,6-8H2,2-4H3. The monoisotopic (exact) mass is 221 g/mol. The lowest BCUT2D eigenvalue weighted by atomic mass is 10.1. The van der Waals surface area contributed by atoms with Gasteiger partial charge in [0.1, 0.15) is 5.82 Å². The lowest BCUT2D eigenvalue weighted by molar-refractivity contribution is 0.429. The van der Waals surface area contributed by atoms with Crippen molar-refractivity contribution in [2.24, 2.45) is 7.05 Å². The van der Waals surface area contributed by atoms with Crippen molar-refractivity contribution in [3.8, 4) is 0 Å². The summed E-state index contributed by atoms with van der Waals surface area (Å²) in [6, 6.07) is 0.824. The second-order valence-corrected chi connectivity index (χ2v) is 4.41. The van der Waals surface area contributed by atoms with Crippen LogP contribution >= 0.6 is 0 Å². The summed E-state index contributed by atoms with van der Waals surface area (Å²) in [6.07, 6.45) is 9.29. The van der Waals surface area contributed by atoms with Crippen molar-refractivity contribution in [2.75, 3.05) is 0 Å². The summed E-state index contributed by atoms with van der Waals surface area (Å²) in [7, 11) is 2.03. The zero-order valence-corrected chi connectivity index (χ0v) is 10.6. The van der Waals surface area contributed by atoms with Gasteiger partial charge in [0.05, 0.1) is 6.04 Å². The average molecular weight is 221 g/mol. The maximum Gasteiger partial charge on any atom is 0.125 e. The first-order valence-corrected chi connectivity index (χ1v) is 5.99. The molecule has 90 valence electrons. The third-order valence-corrected chi connectivity index (χ3v) is 2.83. The van der Waals surface area contributed by atoms with Gasteiger partial charge >= 0.3 is 0 Å². The average Bonchev–Trinajstić information content (AvgIpc) is 2.65. The maximum absolute atomic E-state index is 4.35. The van der Waals surface area contributed by atoms with E-state index < -0.39 is 0 Å². The van der Waals surface area contributed by atoms with Crippen LogP contribution in [0.1, 0.15) is 45.0 Å². The fraction of sp³-hybridized carbons (Fsp3) is 0.615. The molecule has 3 nitrogen and oxygen atoms in total. The molecule has 3 heteroatoms. The quantitative estimate of drug-likeness (QED) is 0.567. The summed E-state index contributed by atoms with van der Waals surface area (Å²) in [5.74, 6) is 1.09. The Labute approximate surface area is 98.6 Å². The lowest BCUT2D eigenvalue weighted by Crippen LogP contribution is -2.30. The van der Waals surface area contributed by atoms with E-state index in [9.17, 15) is 0 Å². The number of hydrogen-bond donors (Lipinski definition) is 1. The van der Waals surface area contributed by atoms with E-state index in [0.717, 1.165) is 12.2 Å². The summed E-state index contributed by atoms with van der Waals surface area (Å²) in [6.45, 7) is 8.12. The Morgan fingerprint density at radius 2 is 2.31 bits per heavy atom. The fourth-order valence-electron chi connectivity index (χ4n) is 1.95. The van der Waals surface area contributed by atoms with Gasteiger partial charge in [0, 0.05) is 25.5 Å². The van der Waals surface area contributed by atoms with Gasteiger partial charge in [-0.1, -0.05) is 6.08 Å². The molecule has 1 N–H and O–H groups in total. The molecule has 0 saturated heterocycles. The number of imidazole rings is 1. The number of rotatable bonds is 7. The zero-order valence-electron chi connectivity index (χ0n) is 10.6. The molecular formula is C13H23N3. The van der Waals surface area contributed by atoms with Crippen LogP contribution in [0.25, 0.3) is 0 Å². The van der Waals surface area contributed by atoms with E-state index in [1.54, 1.807) is 0 Å². The molecule has 0 bridgehead atoms. The molecule has 0 fully saturated rings. The van der Waals surface area contributed by atoms with Crippen LogP contribution in [-0.4, -0.2) is 15.6 Å². The predicted octanol–water partition coefficient (Wildman–Crippen LogP) is 2.82. The molecule has 2 unspecified atom stereocenters. The highest BCUT2D eigenvalue weighted by Gasteiger charge is 2.12. The number of aryl methyl sites for hydroxylation is 1. The fourth-order valence-corrected chi connectivity index (χ4v) is 1.95. The van der Waals surface area contributed by atoms with Crippen LogP contribution in [0.4, 0.5) is 0 Å². The van der Waals surface area contributed by atoms with E-state index in [1.807, 2.05) is 25.5 Å². The van der Waals surface area contributed by atoms with Gasteiger partial charge in [-0.05, 0) is 33.1 Å². The SMILES string of the molecule is C=CCCCC(C)NC(C)c1nccn1C. The summed E-state index contributed by atoms with van der Waals surface area (Å²) in [4.78, 5) is 4.35. The van der Waals surface area contributed by atoms with Crippen molar-refractivity contribution in [3.63, 3.8) is 0 Å². The highest BCUT2D eigenvalue weighted by molar-refractivity contribution is 4.97. The van der Waals surface area contributed by atoms with E-state index in [2.05, 4.69) is 35.3 Å². The molecule has 0 aliphatic heterocycles. The van der Waals surface area contributed by atoms with Crippen molar-refractivity contribution >= 4 is 0 Å². The normalized spacial score (nSPS) is 14.7. The molecule has 0 radical (unpaired) electrons. The largest absolute Gasteiger partial charge is 0.337 e. The molecule has 1 heterocycles. The molecule has 1 aromatic heterocycles. The third kappa shape index (κ3) is 3.81. The Hall–Kier alpha value is -1.09. The van der Waals surface area contributed by atoms with Crippen molar-refractivity contribution in [1.82, 2.24) is 14.9 Å². The Morgan fingerprint density at radius 1 is 1.56 bits per heavy atom. The minimum Gasteiger partial charge on any atom is -0.337 e. The lowest BCUT2D eigenvalue weighted by Gasteiger charge is -2.19. The molecular weight excluding hydrogens is 198 g/mol. The van der Waals surface area contributed by atoms with Crippen LogP contribution in [0.2, 0.25) is 0 Å². The number of nitrogens with zero attached hydrogens (tertiary/aromatic N) is 2. The molecule has 1 rings (SSSR count). The van der Waals surface area contributed by atoms with Gasteiger partial charge in [-0.25, -0.2) is 4.98 Å². The van der Waals surface area contributed by atoms with Gasteiger partial charge in [-0.15, -0.1) is 6.58 Å². The van der Waals surface area contributed by atoms with E-state index in [1.165, 1.54) is 12.8 Å². The first-order valence-electron chi connectivity index (χ1n) is 5.99. The first-order chi connectivity index (χ1) is 7.65. The third-order valence-electron chi connectivity index (χ3n) is 2.83. The van der Waals surface area contributed by atoms with Gasteiger partial charge in [0.15, 0.2) is 0 Å². The highest BCUT2D eigenvalue weighted by atomic mass is 15.1. The predicted molar refractivity (Wildman–Crippen MR) is 68.3 cm³/mol. The van der Waals surface area contributed by atoms with Crippen LogP contribution in [0.15, 0.2) is 25.0 Å². The topological polar surface area (TPSA) is 29.9 Å². The minimum absolute atomic E-state index is 0.304. The minimum atomic E-state index is 0.304. The van der Waals surface area contributed by atoms with E-state index in [-0.39, 0.29) is 0 Å². The Kier molecular flexibility index (Phi) is 5.26. The number of aromatic nitrogens is 2. The summed E-state index contributed by atoms with van der Waals surface area (Å²) in [5.41, 5.74) is 0. The molecule has 0 spiro atoms. The van der Waals surface area contributed by atoms with Gasteiger partial charge in [0.2, 0.25) is 0 Å². The van der Waals surface area contributed by atoms with E-state index >= 15 is 0 Å². The smallest absolute Gasteiger partial charge is 0.125 e. The maximum atomic E-state index is 4.35. The molecule has 1 aromatic rings. The number of nitrogens with one attached hydrogen (secondary N) is 1. The number of allylic oxidation sites excluding steroid dienone is 1. The second kappa shape index (κ2) is 6.48. The van der Waals surface area contributed by atoms with Crippen molar-refractivity contribution in [1.29, 1.82) is 0 Å². The molecule has 0 saturated carbocycles. The Morgan fingerprint density at radius 3 is 2.88 bits per heavy atom. The van der Waals surface area contributed by atoms with Crippen LogP contribution < -0.4 is 5.32 Å². The van der Waals surface area contributed by atoms with Crippen LogP contribution in [-0.2, 0) is 7.05 Å². The van der Waals surface area contributed by atoms with Crippen LogP contribution in [0.3, 0.4) is 0 Å².